The van der Waals surface area contributed by atoms with Crippen LogP contribution in [0.1, 0.15) is 12.8 Å². The summed E-state index contributed by atoms with van der Waals surface area (Å²) in [7, 11) is -2.99. The van der Waals surface area contributed by atoms with Crippen LogP contribution >= 0.6 is 0 Å². The lowest BCUT2D eigenvalue weighted by Crippen LogP contribution is -2.29. The highest BCUT2D eigenvalue weighted by molar-refractivity contribution is 7.91. The van der Waals surface area contributed by atoms with Crippen LogP contribution in [0.15, 0.2) is 23.2 Å². The molecule has 8 heteroatoms. The standard InChI is InChI=1S/C13H17F2N3O2S/c14-10-3-4-11(15)12(6-10)18-13(16)17-7-9-2-1-5-21(19,20)8-9/h3-4,6,9H,1-2,5,7-8H2,(H3,16,17,18). The molecule has 1 unspecified atom stereocenters. The molecular formula is C13H17F2N3O2S. The van der Waals surface area contributed by atoms with E-state index in [-0.39, 0.29) is 35.6 Å². The van der Waals surface area contributed by atoms with Crippen molar-refractivity contribution < 1.29 is 17.2 Å². The molecule has 1 heterocycles. The first kappa shape index (κ1) is 15.7. The number of benzene rings is 1. The number of sulfone groups is 1. The van der Waals surface area contributed by atoms with Gasteiger partial charge in [-0.15, -0.1) is 0 Å². The fourth-order valence-electron chi connectivity index (χ4n) is 2.26. The second-order valence-corrected chi connectivity index (χ2v) is 7.33. The molecule has 0 radical (unpaired) electrons. The molecule has 116 valence electrons. The number of nitrogens with zero attached hydrogens (tertiary/aromatic N) is 1. The number of halogens is 2. The van der Waals surface area contributed by atoms with E-state index < -0.39 is 21.5 Å². The number of aliphatic imine (C=N–C) groups is 1. The summed E-state index contributed by atoms with van der Waals surface area (Å²) >= 11 is 0. The Morgan fingerprint density at radius 2 is 2.19 bits per heavy atom. The van der Waals surface area contributed by atoms with Crippen molar-refractivity contribution in [1.82, 2.24) is 0 Å². The summed E-state index contributed by atoms with van der Waals surface area (Å²) in [6.45, 7) is 0.245. The lowest BCUT2D eigenvalue weighted by Gasteiger charge is -2.20. The van der Waals surface area contributed by atoms with Crippen molar-refractivity contribution in [3.05, 3.63) is 29.8 Å². The second-order valence-electron chi connectivity index (χ2n) is 5.10. The molecule has 1 aliphatic heterocycles. The molecule has 0 spiro atoms. The van der Waals surface area contributed by atoms with Crippen molar-refractivity contribution >= 4 is 21.5 Å². The SMILES string of the molecule is NC(=NCC1CCCS(=O)(=O)C1)Nc1cc(F)ccc1F. The first-order valence-electron chi connectivity index (χ1n) is 6.58. The summed E-state index contributed by atoms with van der Waals surface area (Å²) in [6.07, 6.45) is 1.39. The summed E-state index contributed by atoms with van der Waals surface area (Å²) in [6, 6.07) is 2.96. The maximum Gasteiger partial charge on any atom is 0.193 e. The molecule has 21 heavy (non-hydrogen) atoms. The number of hydrogen-bond acceptors (Lipinski definition) is 3. The Bertz CT molecular complexity index is 647. The van der Waals surface area contributed by atoms with Crippen LogP contribution in [0.5, 0.6) is 0 Å². The van der Waals surface area contributed by atoms with Gasteiger partial charge in [0.25, 0.3) is 0 Å². The van der Waals surface area contributed by atoms with Gasteiger partial charge in [0.2, 0.25) is 0 Å². The Morgan fingerprint density at radius 3 is 2.90 bits per heavy atom. The molecule has 1 fully saturated rings. The number of nitrogens with two attached hydrogens (primary N) is 1. The fourth-order valence-corrected chi connectivity index (χ4v) is 4.02. The minimum Gasteiger partial charge on any atom is -0.370 e. The largest absolute Gasteiger partial charge is 0.370 e. The van der Waals surface area contributed by atoms with Crippen LogP contribution < -0.4 is 11.1 Å². The van der Waals surface area contributed by atoms with E-state index in [1.54, 1.807) is 0 Å². The predicted octanol–water partition coefficient (Wildman–Crippen LogP) is 1.52. The zero-order valence-electron chi connectivity index (χ0n) is 11.4. The van der Waals surface area contributed by atoms with Gasteiger partial charge in [-0.1, -0.05) is 0 Å². The van der Waals surface area contributed by atoms with Gasteiger partial charge in [-0.25, -0.2) is 17.2 Å². The van der Waals surface area contributed by atoms with E-state index in [1.807, 2.05) is 0 Å². The van der Waals surface area contributed by atoms with Gasteiger partial charge < -0.3 is 11.1 Å². The first-order valence-corrected chi connectivity index (χ1v) is 8.40. The molecule has 0 aliphatic carbocycles. The number of hydrogen-bond donors (Lipinski definition) is 2. The van der Waals surface area contributed by atoms with Gasteiger partial charge in [0.05, 0.1) is 17.2 Å². The van der Waals surface area contributed by atoms with Crippen molar-refractivity contribution in [2.45, 2.75) is 12.8 Å². The van der Waals surface area contributed by atoms with E-state index in [0.717, 1.165) is 24.6 Å². The van der Waals surface area contributed by atoms with Crippen LogP contribution in [-0.4, -0.2) is 32.4 Å². The summed E-state index contributed by atoms with van der Waals surface area (Å²) in [5, 5.41) is 2.47. The summed E-state index contributed by atoms with van der Waals surface area (Å²) in [4.78, 5) is 4.01. The minimum atomic E-state index is -2.99. The Morgan fingerprint density at radius 1 is 1.43 bits per heavy atom. The third-order valence-electron chi connectivity index (χ3n) is 3.27. The van der Waals surface area contributed by atoms with E-state index in [0.29, 0.717) is 6.42 Å². The molecule has 0 aromatic heterocycles. The second kappa shape index (κ2) is 6.38. The maximum atomic E-state index is 13.4. The topological polar surface area (TPSA) is 84.5 Å². The van der Waals surface area contributed by atoms with E-state index in [2.05, 4.69) is 10.3 Å². The number of anilines is 1. The molecular weight excluding hydrogens is 300 g/mol. The third kappa shape index (κ3) is 4.66. The van der Waals surface area contributed by atoms with Gasteiger partial charge in [0, 0.05) is 12.6 Å². The van der Waals surface area contributed by atoms with Crippen molar-refractivity contribution in [2.75, 3.05) is 23.4 Å². The zero-order valence-corrected chi connectivity index (χ0v) is 12.2. The molecule has 0 amide bonds. The molecule has 0 bridgehead atoms. The normalized spacial score (nSPS) is 22.0. The monoisotopic (exact) mass is 317 g/mol. The molecule has 1 aromatic rings. The van der Waals surface area contributed by atoms with Crippen molar-refractivity contribution in [2.24, 2.45) is 16.6 Å². The van der Waals surface area contributed by atoms with Gasteiger partial charge in [0.15, 0.2) is 15.8 Å². The molecule has 2 rings (SSSR count). The average Bonchev–Trinajstić information content (AvgIpc) is 2.40. The highest BCUT2D eigenvalue weighted by Gasteiger charge is 2.24. The average molecular weight is 317 g/mol. The van der Waals surface area contributed by atoms with Crippen molar-refractivity contribution in [3.8, 4) is 0 Å². The van der Waals surface area contributed by atoms with E-state index in [4.69, 9.17) is 5.73 Å². The van der Waals surface area contributed by atoms with Gasteiger partial charge in [-0.3, -0.25) is 4.99 Å². The predicted molar refractivity (Wildman–Crippen MR) is 77.8 cm³/mol. The summed E-state index contributed by atoms with van der Waals surface area (Å²) in [5.41, 5.74) is 5.51. The van der Waals surface area contributed by atoms with Crippen LogP contribution in [0.3, 0.4) is 0 Å². The lowest BCUT2D eigenvalue weighted by molar-refractivity contribution is 0.494. The number of nitrogens with one attached hydrogen (secondary N) is 1. The Balaban J connectivity index is 1.97. The van der Waals surface area contributed by atoms with Gasteiger partial charge >= 0.3 is 0 Å². The Kier molecular flexibility index (Phi) is 4.76. The van der Waals surface area contributed by atoms with Crippen LogP contribution in [-0.2, 0) is 9.84 Å². The Hall–Kier alpha value is -1.70. The van der Waals surface area contributed by atoms with E-state index in [9.17, 15) is 17.2 Å². The molecule has 0 saturated carbocycles. The number of rotatable bonds is 3. The molecule has 5 nitrogen and oxygen atoms in total. The zero-order chi connectivity index (χ0) is 15.5. The molecule has 3 N–H and O–H groups in total. The van der Waals surface area contributed by atoms with Crippen LogP contribution in [0.4, 0.5) is 14.5 Å². The van der Waals surface area contributed by atoms with Crippen LogP contribution in [0.25, 0.3) is 0 Å². The molecule has 1 aromatic carbocycles. The van der Waals surface area contributed by atoms with Gasteiger partial charge in [-0.2, -0.15) is 0 Å². The molecule has 1 saturated heterocycles. The third-order valence-corrected chi connectivity index (χ3v) is 5.16. The Labute approximate surface area is 122 Å². The fraction of sp³-hybridized carbons (Fsp3) is 0.462. The molecule has 1 atom stereocenters. The van der Waals surface area contributed by atoms with Crippen LogP contribution in [0.2, 0.25) is 0 Å². The minimum absolute atomic E-state index is 0.0672. The number of guanidine groups is 1. The lowest BCUT2D eigenvalue weighted by atomic mass is 10.1. The highest BCUT2D eigenvalue weighted by atomic mass is 32.2. The smallest absolute Gasteiger partial charge is 0.193 e. The summed E-state index contributed by atoms with van der Waals surface area (Å²) < 4.78 is 49.4. The van der Waals surface area contributed by atoms with Crippen molar-refractivity contribution in [3.63, 3.8) is 0 Å². The van der Waals surface area contributed by atoms with E-state index >= 15 is 0 Å². The van der Waals surface area contributed by atoms with Crippen LogP contribution in [0, 0.1) is 17.6 Å². The van der Waals surface area contributed by atoms with E-state index in [1.165, 1.54) is 0 Å². The maximum absolute atomic E-state index is 13.4. The van der Waals surface area contributed by atoms with Gasteiger partial charge in [-0.05, 0) is 30.9 Å². The highest BCUT2D eigenvalue weighted by Crippen LogP contribution is 2.19. The first-order chi connectivity index (χ1) is 9.85. The van der Waals surface area contributed by atoms with Gasteiger partial charge in [0.1, 0.15) is 11.6 Å². The van der Waals surface area contributed by atoms with Crippen molar-refractivity contribution in [1.29, 1.82) is 0 Å². The molecule has 1 aliphatic rings. The summed E-state index contributed by atoms with van der Waals surface area (Å²) in [5.74, 6) is -1.07. The quantitative estimate of drug-likeness (QED) is 0.654.